The summed E-state index contributed by atoms with van der Waals surface area (Å²) in [6, 6.07) is 19.1. The van der Waals surface area contributed by atoms with Crippen molar-refractivity contribution < 1.29 is 28.6 Å². The number of hydrogen-bond donors (Lipinski definition) is 0. The maximum Gasteiger partial charge on any atom is 0.418 e. The van der Waals surface area contributed by atoms with Crippen molar-refractivity contribution in [2.75, 3.05) is 7.11 Å². The quantitative estimate of drug-likeness (QED) is 0.182. The molecule has 0 heterocycles. The van der Waals surface area contributed by atoms with E-state index in [4.69, 9.17) is 9.47 Å². The van der Waals surface area contributed by atoms with Gasteiger partial charge in [-0.2, -0.15) is 0 Å². The maximum absolute atomic E-state index is 13.1. The molecule has 0 amide bonds. The Kier molecular flexibility index (Phi) is 8.54. The van der Waals surface area contributed by atoms with Crippen molar-refractivity contribution in [3.8, 4) is 0 Å². The summed E-state index contributed by atoms with van der Waals surface area (Å²) in [6.07, 6.45) is 8.74. The molecule has 0 radical (unpaired) electrons. The highest BCUT2D eigenvalue weighted by atomic mass is 16.6. The molecule has 2 aromatic carbocycles. The molecule has 1 saturated carbocycles. The average molecular weight is 625 g/mol. The van der Waals surface area contributed by atoms with E-state index in [-0.39, 0.29) is 40.2 Å². The number of hydrogen-bond acceptors (Lipinski definition) is 6. The molecule has 0 N–H and O–H groups in total. The normalized spacial score (nSPS) is 30.9. The van der Waals surface area contributed by atoms with E-state index < -0.39 is 18.0 Å². The van der Waals surface area contributed by atoms with E-state index in [9.17, 15) is 14.4 Å². The van der Waals surface area contributed by atoms with Gasteiger partial charge in [0.2, 0.25) is 0 Å². The van der Waals surface area contributed by atoms with Crippen LogP contribution in [-0.2, 0) is 23.8 Å². The van der Waals surface area contributed by atoms with Gasteiger partial charge in [0, 0.05) is 11.3 Å². The Morgan fingerprint density at radius 2 is 1.50 bits per heavy atom. The molecule has 4 aliphatic carbocycles. The largest absolute Gasteiger partial charge is 0.461 e. The van der Waals surface area contributed by atoms with E-state index in [0.29, 0.717) is 11.5 Å². The van der Waals surface area contributed by atoms with Gasteiger partial charge in [0.1, 0.15) is 12.2 Å². The van der Waals surface area contributed by atoms with E-state index in [1.54, 1.807) is 11.1 Å². The molecular formula is C40H48O6. The van der Waals surface area contributed by atoms with Crippen molar-refractivity contribution >= 4 is 17.9 Å². The van der Waals surface area contributed by atoms with Gasteiger partial charge < -0.3 is 14.2 Å². The minimum absolute atomic E-state index is 0.0162. The fraction of sp³-hybridized carbons (Fsp3) is 0.525. The number of fused-ring (bicyclic) bond motifs is 4. The van der Waals surface area contributed by atoms with Gasteiger partial charge in [-0.05, 0) is 96.5 Å². The summed E-state index contributed by atoms with van der Waals surface area (Å²) < 4.78 is 16.8. The minimum Gasteiger partial charge on any atom is -0.461 e. The lowest BCUT2D eigenvalue weighted by atomic mass is 9.46. The Morgan fingerprint density at radius 1 is 0.826 bits per heavy atom. The number of carbonyl (C=O) groups excluding carboxylic acids is 3. The molecule has 7 unspecified atom stereocenters. The lowest BCUT2D eigenvalue weighted by Crippen LogP contribution is -2.54. The van der Waals surface area contributed by atoms with Crippen LogP contribution < -0.4 is 0 Å². The molecule has 7 atom stereocenters. The standard InChI is InChI=1S/C40H48O6/c1-25(34(26-13-9-7-10-14-26)46-37(43)36(42)44-6)29-18-19-30-28-17-20-32-38(2,3)33(45-35(41)27-15-11-8-12-16-27)22-24-40(32,5)31(28)21-23-39(29,30)4/h7-16,19,25,29,32-34H,17-18,20-24H2,1-6H3. The van der Waals surface area contributed by atoms with Crippen LogP contribution in [0.3, 0.4) is 0 Å². The van der Waals surface area contributed by atoms with E-state index in [1.807, 2.05) is 60.7 Å². The molecule has 0 saturated heterocycles. The minimum atomic E-state index is -0.977. The first kappa shape index (κ1) is 32.3. The fourth-order valence-electron chi connectivity index (χ4n) is 10.1. The van der Waals surface area contributed by atoms with Crippen LogP contribution >= 0.6 is 0 Å². The van der Waals surface area contributed by atoms with Gasteiger partial charge in [0.05, 0.1) is 12.7 Å². The second kappa shape index (κ2) is 12.2. The maximum atomic E-state index is 13.1. The molecule has 1 fully saturated rings. The Morgan fingerprint density at radius 3 is 2.17 bits per heavy atom. The zero-order valence-corrected chi connectivity index (χ0v) is 28.1. The van der Waals surface area contributed by atoms with Crippen LogP contribution in [0, 0.1) is 34.0 Å². The highest BCUT2D eigenvalue weighted by Crippen LogP contribution is 2.67. The lowest BCUT2D eigenvalue weighted by molar-refractivity contribution is -0.172. The molecular weight excluding hydrogens is 576 g/mol. The molecule has 0 aromatic heterocycles. The average Bonchev–Trinajstić information content (AvgIpc) is 3.42. The Labute approximate surface area is 273 Å². The summed E-state index contributed by atoms with van der Waals surface area (Å²) in [4.78, 5) is 37.8. The second-order valence-corrected chi connectivity index (χ2v) is 15.1. The van der Waals surface area contributed by atoms with Crippen LogP contribution in [0.15, 0.2) is 83.5 Å². The summed E-state index contributed by atoms with van der Waals surface area (Å²) in [5.74, 6) is -1.50. The molecule has 6 nitrogen and oxygen atoms in total. The van der Waals surface area contributed by atoms with Crippen molar-refractivity contribution in [3.63, 3.8) is 0 Å². The van der Waals surface area contributed by atoms with E-state index in [2.05, 4.69) is 45.4 Å². The summed E-state index contributed by atoms with van der Waals surface area (Å²) in [5, 5.41) is 0. The Hall–Kier alpha value is -3.67. The number of ether oxygens (including phenoxy) is 3. The van der Waals surface area contributed by atoms with Gasteiger partial charge in [0.15, 0.2) is 0 Å². The van der Waals surface area contributed by atoms with Crippen LogP contribution in [0.2, 0.25) is 0 Å². The van der Waals surface area contributed by atoms with Gasteiger partial charge in [-0.15, -0.1) is 0 Å². The van der Waals surface area contributed by atoms with Gasteiger partial charge >= 0.3 is 17.9 Å². The topological polar surface area (TPSA) is 78.9 Å². The Balaban J connectivity index is 1.25. The van der Waals surface area contributed by atoms with E-state index in [0.717, 1.165) is 50.5 Å². The van der Waals surface area contributed by atoms with E-state index >= 15 is 0 Å². The smallest absolute Gasteiger partial charge is 0.418 e. The second-order valence-electron chi connectivity index (χ2n) is 15.1. The number of benzene rings is 2. The predicted molar refractivity (Wildman–Crippen MR) is 177 cm³/mol. The van der Waals surface area contributed by atoms with Crippen LogP contribution in [0.25, 0.3) is 0 Å². The van der Waals surface area contributed by atoms with Crippen molar-refractivity contribution in [1.29, 1.82) is 0 Å². The van der Waals surface area contributed by atoms with Crippen molar-refractivity contribution in [2.45, 2.75) is 91.8 Å². The summed E-state index contributed by atoms with van der Waals surface area (Å²) in [5.41, 5.74) is 5.99. The first-order valence-corrected chi connectivity index (χ1v) is 16.9. The van der Waals surface area contributed by atoms with Gasteiger partial charge in [-0.3, -0.25) is 0 Å². The fourth-order valence-corrected chi connectivity index (χ4v) is 10.1. The third-order valence-corrected chi connectivity index (χ3v) is 12.5. The first-order valence-electron chi connectivity index (χ1n) is 16.9. The molecule has 0 spiro atoms. The van der Waals surface area contributed by atoms with Crippen molar-refractivity contribution in [3.05, 3.63) is 94.6 Å². The van der Waals surface area contributed by atoms with Crippen LogP contribution in [0.5, 0.6) is 0 Å². The molecule has 244 valence electrons. The van der Waals surface area contributed by atoms with Crippen LogP contribution in [0.4, 0.5) is 0 Å². The van der Waals surface area contributed by atoms with Crippen molar-refractivity contribution in [2.24, 2.45) is 34.0 Å². The summed E-state index contributed by atoms with van der Waals surface area (Å²) in [7, 11) is 1.20. The van der Waals surface area contributed by atoms with Gasteiger partial charge in [-0.25, -0.2) is 14.4 Å². The third kappa shape index (κ3) is 5.32. The molecule has 4 aliphatic rings. The molecule has 6 heteroatoms. The van der Waals surface area contributed by atoms with Crippen molar-refractivity contribution in [1.82, 2.24) is 0 Å². The zero-order valence-electron chi connectivity index (χ0n) is 28.1. The molecule has 46 heavy (non-hydrogen) atoms. The molecule has 6 rings (SSSR count). The van der Waals surface area contributed by atoms with Crippen LogP contribution in [-0.4, -0.2) is 31.1 Å². The van der Waals surface area contributed by atoms with Crippen LogP contribution in [0.1, 0.15) is 102 Å². The van der Waals surface area contributed by atoms with Gasteiger partial charge in [-0.1, -0.05) is 94.8 Å². The predicted octanol–water partition coefficient (Wildman–Crippen LogP) is 8.58. The van der Waals surface area contributed by atoms with Gasteiger partial charge in [0.25, 0.3) is 0 Å². The molecule has 2 aromatic rings. The highest BCUT2D eigenvalue weighted by Gasteiger charge is 2.59. The Bertz CT molecular complexity index is 1550. The summed E-state index contributed by atoms with van der Waals surface area (Å²) in [6.45, 7) is 11.7. The lowest BCUT2D eigenvalue weighted by Gasteiger charge is -2.59. The highest BCUT2D eigenvalue weighted by molar-refractivity contribution is 6.29. The molecule has 0 aliphatic heterocycles. The van der Waals surface area contributed by atoms with E-state index in [1.165, 1.54) is 12.7 Å². The monoisotopic (exact) mass is 624 g/mol. The number of esters is 3. The molecule has 0 bridgehead atoms. The number of methoxy groups -OCH3 is 1. The summed E-state index contributed by atoms with van der Waals surface area (Å²) >= 11 is 0. The third-order valence-electron chi connectivity index (χ3n) is 12.5. The SMILES string of the molecule is COC(=O)C(=O)OC(c1ccccc1)C(C)C1CC=C2C3=C(CCC21C)C1(C)CCC(OC(=O)c2ccccc2)C(C)(C)C1CC3. The number of carbonyl (C=O) groups is 3. The number of allylic oxidation sites excluding steroid dienone is 4. The zero-order chi connectivity index (χ0) is 32.9. The number of rotatable bonds is 6. The first-order chi connectivity index (χ1) is 21.9.